The molecule has 0 aromatic rings. The molecule has 0 aliphatic carbocycles. The fraction of sp³-hybridized carbons (Fsp3) is 0.750. The maximum absolute atomic E-state index is 12.1. The number of carbonyl (C=O) groups excluding carboxylic acids is 1. The van der Waals surface area contributed by atoms with Crippen molar-refractivity contribution >= 4 is 5.91 Å². The summed E-state index contributed by atoms with van der Waals surface area (Å²) in [4.78, 5) is 13.8. The zero-order valence-electron chi connectivity index (χ0n) is 10.4. The summed E-state index contributed by atoms with van der Waals surface area (Å²) in [6, 6.07) is 0. The maximum atomic E-state index is 12.1. The number of hydrogen-bond acceptors (Lipinski definition) is 4. The fourth-order valence-electron chi connectivity index (χ4n) is 2.09. The van der Waals surface area contributed by atoms with Crippen molar-refractivity contribution < 1.29 is 19.0 Å². The number of ether oxygens (including phenoxy) is 3. The van der Waals surface area contributed by atoms with E-state index in [0.717, 1.165) is 19.6 Å². The minimum atomic E-state index is -0.103. The van der Waals surface area contributed by atoms with Gasteiger partial charge in [0, 0.05) is 26.1 Å². The SMILES string of the molecule is CC1=C(C(=O)N(C)CC2CCOC2)OCCO1. The van der Waals surface area contributed by atoms with E-state index in [-0.39, 0.29) is 5.91 Å². The molecule has 0 aromatic heterocycles. The van der Waals surface area contributed by atoms with E-state index >= 15 is 0 Å². The molecule has 1 atom stereocenters. The molecule has 17 heavy (non-hydrogen) atoms. The summed E-state index contributed by atoms with van der Waals surface area (Å²) in [5.74, 6) is 1.26. The standard InChI is InChI=1S/C12H19NO4/c1-9-11(17-6-5-16-9)12(14)13(2)7-10-3-4-15-8-10/h10H,3-8H2,1-2H3. The van der Waals surface area contributed by atoms with E-state index < -0.39 is 0 Å². The van der Waals surface area contributed by atoms with E-state index in [9.17, 15) is 4.79 Å². The van der Waals surface area contributed by atoms with Crippen LogP contribution in [-0.4, -0.2) is 50.8 Å². The molecule has 96 valence electrons. The Kier molecular flexibility index (Phi) is 3.89. The van der Waals surface area contributed by atoms with Gasteiger partial charge in [0.05, 0.1) is 6.61 Å². The highest BCUT2D eigenvalue weighted by atomic mass is 16.6. The lowest BCUT2D eigenvalue weighted by Gasteiger charge is -2.25. The van der Waals surface area contributed by atoms with Crippen LogP contribution in [0.25, 0.3) is 0 Å². The monoisotopic (exact) mass is 241 g/mol. The van der Waals surface area contributed by atoms with Crippen LogP contribution in [0.4, 0.5) is 0 Å². The summed E-state index contributed by atoms with van der Waals surface area (Å²) in [7, 11) is 1.79. The van der Waals surface area contributed by atoms with Crippen LogP contribution in [0.5, 0.6) is 0 Å². The molecule has 0 radical (unpaired) electrons. The van der Waals surface area contributed by atoms with Crippen LogP contribution in [0.2, 0.25) is 0 Å². The van der Waals surface area contributed by atoms with Crippen molar-refractivity contribution in [3.8, 4) is 0 Å². The average molecular weight is 241 g/mol. The first kappa shape index (κ1) is 12.2. The lowest BCUT2D eigenvalue weighted by Crippen LogP contribution is -2.35. The van der Waals surface area contributed by atoms with Gasteiger partial charge in [-0.25, -0.2) is 0 Å². The summed E-state index contributed by atoms with van der Waals surface area (Å²) < 4.78 is 16.0. The van der Waals surface area contributed by atoms with E-state index in [0.29, 0.717) is 37.2 Å². The normalized spacial score (nSPS) is 24.2. The highest BCUT2D eigenvalue weighted by molar-refractivity contribution is 5.91. The Morgan fingerprint density at radius 3 is 2.76 bits per heavy atom. The minimum absolute atomic E-state index is 0.103. The Morgan fingerprint density at radius 2 is 2.12 bits per heavy atom. The van der Waals surface area contributed by atoms with Crippen molar-refractivity contribution in [3.63, 3.8) is 0 Å². The van der Waals surface area contributed by atoms with Gasteiger partial charge in [0.15, 0.2) is 0 Å². The molecule has 0 saturated carbocycles. The molecule has 2 heterocycles. The topological polar surface area (TPSA) is 48.0 Å². The van der Waals surface area contributed by atoms with Gasteiger partial charge in [-0.3, -0.25) is 4.79 Å². The number of allylic oxidation sites excluding steroid dienone is 1. The Labute approximate surface area is 101 Å². The predicted octanol–water partition coefficient (Wildman–Crippen LogP) is 0.760. The van der Waals surface area contributed by atoms with Crippen LogP contribution in [-0.2, 0) is 19.0 Å². The first-order valence-corrected chi connectivity index (χ1v) is 5.98. The molecule has 2 aliphatic rings. The van der Waals surface area contributed by atoms with Gasteiger partial charge in [-0.15, -0.1) is 0 Å². The number of likely N-dealkylation sites (N-methyl/N-ethyl adjacent to an activating group) is 1. The zero-order valence-corrected chi connectivity index (χ0v) is 10.4. The number of nitrogens with zero attached hydrogens (tertiary/aromatic N) is 1. The molecule has 2 aliphatic heterocycles. The minimum Gasteiger partial charge on any atom is -0.491 e. The van der Waals surface area contributed by atoms with Crippen molar-refractivity contribution in [3.05, 3.63) is 11.5 Å². The van der Waals surface area contributed by atoms with Crippen molar-refractivity contribution in [1.82, 2.24) is 4.90 Å². The molecule has 5 nitrogen and oxygen atoms in total. The second-order valence-corrected chi connectivity index (χ2v) is 4.50. The van der Waals surface area contributed by atoms with E-state index in [1.807, 2.05) is 0 Å². The van der Waals surface area contributed by atoms with Crippen molar-refractivity contribution in [2.75, 3.05) is 40.0 Å². The Bertz CT molecular complexity index is 320. The summed E-state index contributed by atoms with van der Waals surface area (Å²) in [6.45, 7) is 4.97. The van der Waals surface area contributed by atoms with Gasteiger partial charge >= 0.3 is 0 Å². The molecule has 0 N–H and O–H groups in total. The molecule has 1 fully saturated rings. The fourth-order valence-corrected chi connectivity index (χ4v) is 2.09. The number of rotatable bonds is 3. The van der Waals surface area contributed by atoms with Crippen molar-refractivity contribution in [2.24, 2.45) is 5.92 Å². The van der Waals surface area contributed by atoms with Crippen LogP contribution < -0.4 is 0 Å². The highest BCUT2D eigenvalue weighted by Crippen LogP contribution is 2.18. The Morgan fingerprint density at radius 1 is 1.35 bits per heavy atom. The molecule has 1 amide bonds. The molecular formula is C12H19NO4. The molecule has 0 spiro atoms. The Balaban J connectivity index is 1.93. The van der Waals surface area contributed by atoms with Crippen LogP contribution in [0.15, 0.2) is 11.5 Å². The van der Waals surface area contributed by atoms with E-state index in [1.54, 1.807) is 18.9 Å². The van der Waals surface area contributed by atoms with Gasteiger partial charge in [0.25, 0.3) is 5.91 Å². The third-order valence-corrected chi connectivity index (χ3v) is 3.07. The van der Waals surface area contributed by atoms with Gasteiger partial charge < -0.3 is 19.1 Å². The number of amides is 1. The van der Waals surface area contributed by atoms with E-state index in [2.05, 4.69) is 0 Å². The van der Waals surface area contributed by atoms with Gasteiger partial charge in [0.2, 0.25) is 5.76 Å². The Hall–Kier alpha value is -1.23. The van der Waals surface area contributed by atoms with Crippen molar-refractivity contribution in [1.29, 1.82) is 0 Å². The summed E-state index contributed by atoms with van der Waals surface area (Å²) in [5, 5.41) is 0. The molecule has 0 aromatic carbocycles. The third kappa shape index (κ3) is 2.91. The van der Waals surface area contributed by atoms with Gasteiger partial charge in [0.1, 0.15) is 19.0 Å². The number of hydrogen-bond donors (Lipinski definition) is 0. The molecule has 1 unspecified atom stereocenters. The summed E-state index contributed by atoms with van der Waals surface area (Å²) in [6.07, 6.45) is 1.02. The first-order valence-electron chi connectivity index (χ1n) is 5.98. The van der Waals surface area contributed by atoms with E-state index in [4.69, 9.17) is 14.2 Å². The molecule has 1 saturated heterocycles. The van der Waals surface area contributed by atoms with Crippen LogP contribution in [0.1, 0.15) is 13.3 Å². The summed E-state index contributed by atoms with van der Waals surface area (Å²) >= 11 is 0. The van der Waals surface area contributed by atoms with E-state index in [1.165, 1.54) is 0 Å². The number of carbonyl (C=O) groups is 1. The second-order valence-electron chi connectivity index (χ2n) is 4.50. The van der Waals surface area contributed by atoms with Crippen molar-refractivity contribution in [2.45, 2.75) is 13.3 Å². The zero-order chi connectivity index (χ0) is 12.3. The van der Waals surface area contributed by atoms with Gasteiger partial charge in [-0.1, -0.05) is 0 Å². The van der Waals surface area contributed by atoms with Crippen LogP contribution in [0, 0.1) is 5.92 Å². The van der Waals surface area contributed by atoms with Crippen LogP contribution >= 0.6 is 0 Å². The lowest BCUT2D eigenvalue weighted by molar-refractivity contribution is -0.132. The van der Waals surface area contributed by atoms with Gasteiger partial charge in [-0.05, 0) is 13.3 Å². The van der Waals surface area contributed by atoms with Crippen LogP contribution in [0.3, 0.4) is 0 Å². The molecular weight excluding hydrogens is 222 g/mol. The average Bonchev–Trinajstić information content (AvgIpc) is 2.81. The third-order valence-electron chi connectivity index (χ3n) is 3.07. The highest BCUT2D eigenvalue weighted by Gasteiger charge is 2.26. The van der Waals surface area contributed by atoms with Gasteiger partial charge in [-0.2, -0.15) is 0 Å². The molecule has 0 bridgehead atoms. The second kappa shape index (κ2) is 5.40. The summed E-state index contributed by atoms with van der Waals surface area (Å²) in [5.41, 5.74) is 0. The first-order chi connectivity index (χ1) is 8.18. The largest absolute Gasteiger partial charge is 0.491 e. The predicted molar refractivity (Wildman–Crippen MR) is 61.2 cm³/mol. The smallest absolute Gasteiger partial charge is 0.292 e. The quantitative estimate of drug-likeness (QED) is 0.732. The maximum Gasteiger partial charge on any atom is 0.292 e. The lowest BCUT2D eigenvalue weighted by atomic mass is 10.1. The molecule has 5 heteroatoms. The molecule has 2 rings (SSSR count).